The molecule has 0 unspecified atom stereocenters. The topological polar surface area (TPSA) is 17.3 Å². The number of halogens is 1. The lowest BCUT2D eigenvalue weighted by molar-refractivity contribution is 0.665. The van der Waals surface area contributed by atoms with Crippen LogP contribution in [0.3, 0.4) is 0 Å². The summed E-state index contributed by atoms with van der Waals surface area (Å²) in [7, 11) is 0. The first kappa shape index (κ1) is 9.22. The molecule has 1 aliphatic rings. The summed E-state index contributed by atoms with van der Waals surface area (Å²) in [6.07, 6.45) is 9.11. The highest BCUT2D eigenvalue weighted by Crippen LogP contribution is 2.33. The predicted molar refractivity (Wildman–Crippen MR) is 61.4 cm³/mol. The van der Waals surface area contributed by atoms with Crippen LogP contribution in [0.15, 0.2) is 24.5 Å². The van der Waals surface area contributed by atoms with E-state index in [1.807, 2.05) is 24.5 Å². The summed E-state index contributed by atoms with van der Waals surface area (Å²) >= 11 is 6.01. The first-order chi connectivity index (χ1) is 7.34. The molecule has 1 aliphatic carbocycles. The van der Waals surface area contributed by atoms with Gasteiger partial charge in [-0.25, -0.2) is 4.98 Å². The number of imidazole rings is 1. The molecule has 0 aliphatic heterocycles. The Hall–Kier alpha value is -1.02. The van der Waals surface area contributed by atoms with Crippen molar-refractivity contribution in [2.45, 2.75) is 31.6 Å². The molecule has 2 aromatic heterocycles. The number of fused-ring (bicyclic) bond motifs is 1. The Balaban J connectivity index is 2.13. The molecule has 3 rings (SSSR count). The van der Waals surface area contributed by atoms with E-state index in [-0.39, 0.29) is 0 Å². The van der Waals surface area contributed by atoms with E-state index in [0.717, 1.165) is 10.5 Å². The highest BCUT2D eigenvalue weighted by molar-refractivity contribution is 6.30. The molecule has 0 radical (unpaired) electrons. The Labute approximate surface area is 93.9 Å². The van der Waals surface area contributed by atoms with Gasteiger partial charge in [-0.3, -0.25) is 0 Å². The summed E-state index contributed by atoms with van der Waals surface area (Å²) in [5, 5.41) is 0.778. The van der Waals surface area contributed by atoms with Crippen LogP contribution in [0.25, 0.3) is 5.52 Å². The standard InChI is InChI=1S/C12H13ClN2/c13-10-5-6-11-7-14-12(15(11)8-10)9-3-1-2-4-9/h5-9H,1-4H2. The van der Waals surface area contributed by atoms with Gasteiger partial charge in [0.05, 0.1) is 16.7 Å². The molecule has 1 fully saturated rings. The van der Waals surface area contributed by atoms with Crippen molar-refractivity contribution >= 4 is 17.1 Å². The molecule has 0 spiro atoms. The van der Waals surface area contributed by atoms with Crippen LogP contribution in [0, 0.1) is 0 Å². The van der Waals surface area contributed by atoms with E-state index in [2.05, 4.69) is 9.38 Å². The normalized spacial score (nSPS) is 17.7. The maximum atomic E-state index is 6.01. The van der Waals surface area contributed by atoms with Gasteiger partial charge in [0.25, 0.3) is 0 Å². The zero-order chi connectivity index (χ0) is 10.3. The van der Waals surface area contributed by atoms with Crippen LogP contribution in [0.2, 0.25) is 5.02 Å². The van der Waals surface area contributed by atoms with E-state index in [4.69, 9.17) is 11.6 Å². The van der Waals surface area contributed by atoms with Crippen LogP contribution >= 0.6 is 11.6 Å². The first-order valence-electron chi connectivity index (χ1n) is 5.47. The summed E-state index contributed by atoms with van der Waals surface area (Å²) in [5.41, 5.74) is 1.14. The highest BCUT2D eigenvalue weighted by atomic mass is 35.5. The molecular weight excluding hydrogens is 208 g/mol. The molecule has 15 heavy (non-hydrogen) atoms. The third-order valence-corrected chi connectivity index (χ3v) is 3.46. The monoisotopic (exact) mass is 220 g/mol. The Morgan fingerprint density at radius 2 is 2.07 bits per heavy atom. The van der Waals surface area contributed by atoms with Crippen molar-refractivity contribution < 1.29 is 0 Å². The Morgan fingerprint density at radius 1 is 1.27 bits per heavy atom. The minimum atomic E-state index is 0.631. The van der Waals surface area contributed by atoms with E-state index in [9.17, 15) is 0 Å². The lowest BCUT2D eigenvalue weighted by Crippen LogP contribution is -1.99. The molecular formula is C12H13ClN2. The van der Waals surface area contributed by atoms with Gasteiger partial charge >= 0.3 is 0 Å². The second kappa shape index (κ2) is 3.53. The van der Waals surface area contributed by atoms with Gasteiger partial charge in [-0.2, -0.15) is 0 Å². The lowest BCUT2D eigenvalue weighted by Gasteiger charge is -2.07. The maximum absolute atomic E-state index is 6.01. The second-order valence-electron chi connectivity index (χ2n) is 4.24. The molecule has 0 N–H and O–H groups in total. The molecule has 0 bridgehead atoms. The summed E-state index contributed by atoms with van der Waals surface area (Å²) in [4.78, 5) is 4.52. The number of nitrogens with zero attached hydrogens (tertiary/aromatic N) is 2. The van der Waals surface area contributed by atoms with Crippen LogP contribution in [0.1, 0.15) is 37.4 Å². The Bertz CT molecular complexity index is 483. The van der Waals surface area contributed by atoms with Gasteiger partial charge in [0.15, 0.2) is 0 Å². The number of hydrogen-bond donors (Lipinski definition) is 0. The average Bonchev–Trinajstić information content (AvgIpc) is 2.83. The predicted octanol–water partition coefficient (Wildman–Crippen LogP) is 3.65. The van der Waals surface area contributed by atoms with Crippen molar-refractivity contribution in [3.63, 3.8) is 0 Å². The molecule has 2 heterocycles. The minimum absolute atomic E-state index is 0.631. The van der Waals surface area contributed by atoms with Crippen molar-refractivity contribution in [1.29, 1.82) is 0 Å². The number of pyridine rings is 1. The van der Waals surface area contributed by atoms with Crippen LogP contribution < -0.4 is 0 Å². The molecule has 0 atom stereocenters. The SMILES string of the molecule is Clc1ccc2cnc(C3CCCC3)n2c1. The van der Waals surface area contributed by atoms with E-state index >= 15 is 0 Å². The third-order valence-electron chi connectivity index (χ3n) is 3.24. The average molecular weight is 221 g/mol. The quantitative estimate of drug-likeness (QED) is 0.717. The number of rotatable bonds is 1. The summed E-state index contributed by atoms with van der Waals surface area (Å²) in [5.74, 6) is 1.82. The molecule has 0 aromatic carbocycles. The first-order valence-corrected chi connectivity index (χ1v) is 5.85. The van der Waals surface area contributed by atoms with Crippen LogP contribution in [0.5, 0.6) is 0 Å². The summed E-state index contributed by atoms with van der Waals surface area (Å²) in [6, 6.07) is 3.94. The van der Waals surface area contributed by atoms with Crippen molar-refractivity contribution in [2.24, 2.45) is 0 Å². The summed E-state index contributed by atoms with van der Waals surface area (Å²) < 4.78 is 2.14. The van der Waals surface area contributed by atoms with Gasteiger partial charge in [0, 0.05) is 12.1 Å². The van der Waals surface area contributed by atoms with Crippen molar-refractivity contribution in [1.82, 2.24) is 9.38 Å². The highest BCUT2D eigenvalue weighted by Gasteiger charge is 2.21. The smallest absolute Gasteiger partial charge is 0.116 e. The zero-order valence-electron chi connectivity index (χ0n) is 8.49. The zero-order valence-corrected chi connectivity index (χ0v) is 9.24. The van der Waals surface area contributed by atoms with E-state index in [1.54, 1.807) is 0 Å². The van der Waals surface area contributed by atoms with E-state index in [1.165, 1.54) is 31.5 Å². The molecule has 78 valence electrons. The molecule has 2 nitrogen and oxygen atoms in total. The molecule has 0 saturated heterocycles. The van der Waals surface area contributed by atoms with Gasteiger partial charge in [0.2, 0.25) is 0 Å². The van der Waals surface area contributed by atoms with Gasteiger partial charge in [0.1, 0.15) is 5.82 Å². The minimum Gasteiger partial charge on any atom is -0.302 e. The van der Waals surface area contributed by atoms with E-state index < -0.39 is 0 Å². The van der Waals surface area contributed by atoms with Crippen LogP contribution in [-0.4, -0.2) is 9.38 Å². The Morgan fingerprint density at radius 3 is 2.87 bits per heavy atom. The van der Waals surface area contributed by atoms with Crippen LogP contribution in [0.4, 0.5) is 0 Å². The molecule has 2 aromatic rings. The molecule has 0 amide bonds. The summed E-state index contributed by atoms with van der Waals surface area (Å²) in [6.45, 7) is 0. The maximum Gasteiger partial charge on any atom is 0.116 e. The van der Waals surface area contributed by atoms with Crippen molar-refractivity contribution in [3.8, 4) is 0 Å². The fourth-order valence-electron chi connectivity index (χ4n) is 2.47. The van der Waals surface area contributed by atoms with Crippen molar-refractivity contribution in [2.75, 3.05) is 0 Å². The van der Waals surface area contributed by atoms with Gasteiger partial charge in [-0.15, -0.1) is 0 Å². The third kappa shape index (κ3) is 1.53. The largest absolute Gasteiger partial charge is 0.302 e. The lowest BCUT2D eigenvalue weighted by atomic mass is 10.1. The van der Waals surface area contributed by atoms with Gasteiger partial charge in [-0.1, -0.05) is 24.4 Å². The van der Waals surface area contributed by atoms with E-state index in [0.29, 0.717) is 5.92 Å². The number of hydrogen-bond acceptors (Lipinski definition) is 1. The number of aromatic nitrogens is 2. The van der Waals surface area contributed by atoms with Crippen LogP contribution in [-0.2, 0) is 0 Å². The van der Waals surface area contributed by atoms with Gasteiger partial charge in [-0.05, 0) is 25.0 Å². The van der Waals surface area contributed by atoms with Gasteiger partial charge < -0.3 is 4.40 Å². The molecule has 3 heteroatoms. The Kier molecular flexibility index (Phi) is 2.17. The fourth-order valence-corrected chi connectivity index (χ4v) is 2.63. The van der Waals surface area contributed by atoms with Crippen molar-refractivity contribution in [3.05, 3.63) is 35.4 Å². The molecule has 1 saturated carbocycles. The second-order valence-corrected chi connectivity index (χ2v) is 4.68. The fraction of sp³-hybridized carbons (Fsp3) is 0.417.